The van der Waals surface area contributed by atoms with Gasteiger partial charge in [0.2, 0.25) is 0 Å². The Kier molecular flexibility index (Phi) is 4.55. The number of rotatable bonds is 4. The van der Waals surface area contributed by atoms with Gasteiger partial charge in [0, 0.05) is 11.3 Å². The molecule has 5 nitrogen and oxygen atoms in total. The Morgan fingerprint density at radius 2 is 1.97 bits per heavy atom. The van der Waals surface area contributed by atoms with Crippen LogP contribution in [-0.4, -0.2) is 32.5 Å². The summed E-state index contributed by atoms with van der Waals surface area (Å²) in [5.74, 6) is -1.93. The fourth-order valence-electron chi connectivity index (χ4n) is 3.29. The number of aryl methyl sites for hydroxylation is 2. The highest BCUT2D eigenvalue weighted by Gasteiger charge is 2.50. The second kappa shape index (κ2) is 6.82. The summed E-state index contributed by atoms with van der Waals surface area (Å²) >= 11 is 0. The zero-order chi connectivity index (χ0) is 20.9. The highest BCUT2D eigenvalue weighted by atomic mass is 19.4. The fraction of sp³-hybridized carbons (Fsp3) is 0.350. The lowest BCUT2D eigenvalue weighted by molar-refractivity contribution is -0.158. The number of hydrogen-bond donors (Lipinski definition) is 1. The predicted octanol–water partition coefficient (Wildman–Crippen LogP) is 4.22. The molecule has 0 saturated heterocycles. The third-order valence-corrected chi connectivity index (χ3v) is 5.11. The molecule has 29 heavy (non-hydrogen) atoms. The average molecular weight is 406 g/mol. The summed E-state index contributed by atoms with van der Waals surface area (Å²) in [5.41, 5.74) is 1.96. The number of carbonyl (C=O) groups is 1. The van der Waals surface area contributed by atoms with E-state index in [0.717, 1.165) is 0 Å². The van der Waals surface area contributed by atoms with Crippen molar-refractivity contribution >= 4 is 11.6 Å². The lowest BCUT2D eigenvalue weighted by atomic mass is 10.1. The van der Waals surface area contributed by atoms with E-state index in [1.807, 2.05) is 0 Å². The lowest BCUT2D eigenvalue weighted by Crippen LogP contribution is -2.47. The molecule has 0 aliphatic heterocycles. The van der Waals surface area contributed by atoms with Gasteiger partial charge in [0.1, 0.15) is 18.2 Å². The van der Waals surface area contributed by atoms with Crippen LogP contribution in [0.1, 0.15) is 34.6 Å². The Hall–Kier alpha value is -2.97. The van der Waals surface area contributed by atoms with Gasteiger partial charge in [-0.15, -0.1) is 0 Å². The van der Waals surface area contributed by atoms with Crippen LogP contribution in [0.2, 0.25) is 0 Å². The molecule has 1 atom stereocenters. The Balaban J connectivity index is 1.73. The van der Waals surface area contributed by atoms with Crippen LogP contribution in [0, 0.1) is 25.6 Å². The summed E-state index contributed by atoms with van der Waals surface area (Å²) in [4.78, 5) is 20.9. The normalized spacial score (nSPS) is 15.5. The first kappa shape index (κ1) is 19.4. The molecular formula is C20H18F4N4O. The Labute approximate surface area is 163 Å². The summed E-state index contributed by atoms with van der Waals surface area (Å²) in [6, 6.07) is 4.43. The summed E-state index contributed by atoms with van der Waals surface area (Å²) in [6.45, 7) is 3.38. The number of imidazole rings is 1. The molecule has 2 heterocycles. The zero-order valence-corrected chi connectivity index (χ0v) is 15.7. The average Bonchev–Trinajstić information content (AvgIpc) is 3.38. The maximum absolute atomic E-state index is 13.9. The van der Waals surface area contributed by atoms with Crippen molar-refractivity contribution in [1.29, 1.82) is 0 Å². The minimum absolute atomic E-state index is 0.121. The van der Waals surface area contributed by atoms with Gasteiger partial charge in [-0.1, -0.05) is 12.1 Å². The molecule has 1 amide bonds. The molecule has 1 aromatic carbocycles. The van der Waals surface area contributed by atoms with Crippen molar-refractivity contribution in [3.05, 3.63) is 53.4 Å². The molecule has 0 radical (unpaired) electrons. The lowest BCUT2D eigenvalue weighted by Gasteiger charge is -2.20. The van der Waals surface area contributed by atoms with Gasteiger partial charge < -0.3 is 5.32 Å². The van der Waals surface area contributed by atoms with Gasteiger partial charge in [0.05, 0.1) is 5.69 Å². The van der Waals surface area contributed by atoms with Gasteiger partial charge in [-0.25, -0.2) is 14.4 Å². The molecule has 1 fully saturated rings. The molecule has 3 aromatic rings. The summed E-state index contributed by atoms with van der Waals surface area (Å²) < 4.78 is 55.2. The Bertz CT molecular complexity index is 1100. The van der Waals surface area contributed by atoms with Crippen molar-refractivity contribution in [3.8, 4) is 11.3 Å². The van der Waals surface area contributed by atoms with Gasteiger partial charge in [-0.2, -0.15) is 13.2 Å². The first-order valence-corrected chi connectivity index (χ1v) is 9.14. The molecule has 1 saturated carbocycles. The molecule has 152 valence electrons. The maximum Gasteiger partial charge on any atom is 0.408 e. The van der Waals surface area contributed by atoms with E-state index in [0.29, 0.717) is 35.4 Å². The second-order valence-corrected chi connectivity index (χ2v) is 7.36. The topological polar surface area (TPSA) is 59.3 Å². The van der Waals surface area contributed by atoms with Gasteiger partial charge in [0.15, 0.2) is 11.3 Å². The fourth-order valence-corrected chi connectivity index (χ4v) is 3.29. The molecule has 2 aromatic heterocycles. The van der Waals surface area contributed by atoms with E-state index < -0.39 is 29.9 Å². The molecule has 9 heteroatoms. The monoisotopic (exact) mass is 406 g/mol. The molecule has 1 N–H and O–H groups in total. The number of halogens is 4. The zero-order valence-electron chi connectivity index (χ0n) is 15.7. The Morgan fingerprint density at radius 3 is 2.59 bits per heavy atom. The molecule has 1 unspecified atom stereocenters. The summed E-state index contributed by atoms with van der Waals surface area (Å²) in [6.07, 6.45) is -2.34. The van der Waals surface area contributed by atoms with Crippen molar-refractivity contribution in [2.75, 3.05) is 0 Å². The number of benzene rings is 1. The van der Waals surface area contributed by atoms with Gasteiger partial charge in [-0.3, -0.25) is 9.20 Å². The van der Waals surface area contributed by atoms with Crippen LogP contribution in [-0.2, 0) is 0 Å². The van der Waals surface area contributed by atoms with Gasteiger partial charge in [-0.05, 0) is 50.3 Å². The number of amides is 1. The van der Waals surface area contributed by atoms with Crippen molar-refractivity contribution in [1.82, 2.24) is 19.7 Å². The molecule has 4 rings (SSSR count). The van der Waals surface area contributed by atoms with Crippen LogP contribution in [0.5, 0.6) is 0 Å². The largest absolute Gasteiger partial charge is 0.408 e. The number of carbonyl (C=O) groups excluding carboxylic acids is 1. The van der Waals surface area contributed by atoms with Gasteiger partial charge >= 0.3 is 6.18 Å². The van der Waals surface area contributed by atoms with Crippen molar-refractivity contribution < 1.29 is 22.4 Å². The third kappa shape index (κ3) is 3.68. The number of fused-ring (bicyclic) bond motifs is 1. The van der Waals surface area contributed by atoms with Gasteiger partial charge in [0.25, 0.3) is 5.91 Å². The van der Waals surface area contributed by atoms with E-state index in [2.05, 4.69) is 15.3 Å². The third-order valence-electron chi connectivity index (χ3n) is 5.11. The van der Waals surface area contributed by atoms with E-state index in [-0.39, 0.29) is 11.3 Å². The van der Waals surface area contributed by atoms with Crippen LogP contribution >= 0.6 is 0 Å². The highest BCUT2D eigenvalue weighted by Crippen LogP contribution is 2.40. The number of nitrogens with zero attached hydrogens (tertiary/aromatic N) is 3. The van der Waals surface area contributed by atoms with E-state index in [9.17, 15) is 22.4 Å². The number of aromatic nitrogens is 3. The Morgan fingerprint density at radius 1 is 1.24 bits per heavy atom. The van der Waals surface area contributed by atoms with Crippen LogP contribution < -0.4 is 5.32 Å². The predicted molar refractivity (Wildman–Crippen MR) is 97.9 cm³/mol. The van der Waals surface area contributed by atoms with E-state index >= 15 is 0 Å². The minimum Gasteiger partial charge on any atom is -0.339 e. The highest BCUT2D eigenvalue weighted by molar-refractivity contribution is 5.98. The van der Waals surface area contributed by atoms with E-state index in [1.54, 1.807) is 32.0 Å². The first-order valence-electron chi connectivity index (χ1n) is 9.14. The second-order valence-electron chi connectivity index (χ2n) is 7.36. The SMILES string of the molecule is Cc1ccc(-c2cc(C)n3cnc(C(=O)NC(C4CC4)C(F)(F)F)c3n2)cc1F. The summed E-state index contributed by atoms with van der Waals surface area (Å²) in [5, 5.41) is 2.07. The van der Waals surface area contributed by atoms with Crippen molar-refractivity contribution in [3.63, 3.8) is 0 Å². The number of alkyl halides is 3. The first-order chi connectivity index (χ1) is 13.6. The number of nitrogens with one attached hydrogen (secondary N) is 1. The van der Waals surface area contributed by atoms with Crippen LogP contribution in [0.3, 0.4) is 0 Å². The molecule has 1 aliphatic carbocycles. The molecule has 0 bridgehead atoms. The van der Waals surface area contributed by atoms with Crippen LogP contribution in [0.4, 0.5) is 17.6 Å². The standard InChI is InChI=1S/C20H18F4N4O/c1-10-3-4-13(8-14(10)21)15-7-11(2)28-9-25-16(18(28)26-15)19(29)27-17(12-5-6-12)20(22,23)24/h3-4,7-9,12,17H,5-6H2,1-2H3,(H,27,29). The minimum atomic E-state index is -4.53. The molecule has 1 aliphatic rings. The van der Waals surface area contributed by atoms with E-state index in [1.165, 1.54) is 16.8 Å². The van der Waals surface area contributed by atoms with E-state index in [4.69, 9.17) is 0 Å². The van der Waals surface area contributed by atoms with Crippen LogP contribution in [0.25, 0.3) is 16.9 Å². The molecular weight excluding hydrogens is 388 g/mol. The summed E-state index contributed by atoms with van der Waals surface area (Å²) in [7, 11) is 0. The smallest absolute Gasteiger partial charge is 0.339 e. The number of hydrogen-bond acceptors (Lipinski definition) is 3. The maximum atomic E-state index is 13.9. The van der Waals surface area contributed by atoms with Crippen molar-refractivity contribution in [2.24, 2.45) is 5.92 Å². The van der Waals surface area contributed by atoms with Crippen LogP contribution in [0.15, 0.2) is 30.6 Å². The van der Waals surface area contributed by atoms with Crippen molar-refractivity contribution in [2.45, 2.75) is 38.9 Å². The quantitative estimate of drug-likeness (QED) is 0.660. The molecule has 0 spiro atoms.